The van der Waals surface area contributed by atoms with E-state index in [9.17, 15) is 9.90 Å². The number of hydrogen-bond acceptors (Lipinski definition) is 5. The first-order chi connectivity index (χ1) is 17.2. The number of fused-ring (bicyclic) bond motifs is 1. The Morgan fingerprint density at radius 1 is 1.09 bits per heavy atom. The van der Waals surface area contributed by atoms with E-state index in [2.05, 4.69) is 16.3 Å². The van der Waals surface area contributed by atoms with Crippen molar-refractivity contribution in [2.45, 2.75) is 37.8 Å². The average molecular weight is 491 g/mol. The van der Waals surface area contributed by atoms with E-state index in [1.165, 1.54) is 23.3 Å². The van der Waals surface area contributed by atoms with Gasteiger partial charge in [-0.2, -0.15) is 0 Å². The van der Waals surface area contributed by atoms with Gasteiger partial charge in [-0.1, -0.05) is 48.5 Å². The second kappa shape index (κ2) is 11.4. The highest BCUT2D eigenvalue weighted by atomic mass is 32.1. The Hall–Kier alpha value is -2.67. The summed E-state index contributed by atoms with van der Waals surface area (Å²) < 4.78 is 6.12. The average Bonchev–Trinajstić information content (AvgIpc) is 3.55. The number of hydrogen-bond donors (Lipinski definition) is 1. The number of aliphatic hydroxyl groups is 1. The maximum atomic E-state index is 13.7. The van der Waals surface area contributed by atoms with Crippen LogP contribution in [0.1, 0.15) is 34.9 Å². The molecule has 0 bridgehead atoms. The predicted molar refractivity (Wildman–Crippen MR) is 140 cm³/mol. The zero-order chi connectivity index (χ0) is 24.0. The Morgan fingerprint density at radius 3 is 2.57 bits per heavy atom. The van der Waals surface area contributed by atoms with Gasteiger partial charge in [-0.25, -0.2) is 0 Å². The van der Waals surface area contributed by atoms with Crippen molar-refractivity contribution in [1.82, 2.24) is 9.80 Å². The molecular formula is C29H34N2O3S. The second-order valence-corrected chi connectivity index (χ2v) is 10.8. The van der Waals surface area contributed by atoms with E-state index in [0.29, 0.717) is 38.6 Å². The Bertz CT molecular complexity index is 1080. The third kappa shape index (κ3) is 6.51. The highest BCUT2D eigenvalue weighted by molar-refractivity contribution is 7.10. The minimum atomic E-state index is -0.494. The Kier molecular flexibility index (Phi) is 7.82. The van der Waals surface area contributed by atoms with Crippen LogP contribution in [0, 0.1) is 5.92 Å². The predicted octanol–water partition coefficient (Wildman–Crippen LogP) is 4.57. The van der Waals surface area contributed by atoms with Gasteiger partial charge in [0.05, 0.1) is 18.7 Å². The number of rotatable bonds is 11. The summed E-state index contributed by atoms with van der Waals surface area (Å²) in [5, 5.41) is 12.9. The van der Waals surface area contributed by atoms with E-state index in [0.717, 1.165) is 24.3 Å². The summed E-state index contributed by atoms with van der Waals surface area (Å²) in [7, 11) is 0. The molecule has 0 saturated heterocycles. The van der Waals surface area contributed by atoms with Gasteiger partial charge >= 0.3 is 0 Å². The van der Waals surface area contributed by atoms with Crippen molar-refractivity contribution in [1.29, 1.82) is 0 Å². The van der Waals surface area contributed by atoms with Crippen LogP contribution in [0.2, 0.25) is 0 Å². The molecule has 184 valence electrons. The van der Waals surface area contributed by atoms with E-state index in [1.807, 2.05) is 65.6 Å². The van der Waals surface area contributed by atoms with Crippen molar-refractivity contribution >= 4 is 17.2 Å². The molecular weight excluding hydrogens is 456 g/mol. The van der Waals surface area contributed by atoms with Crippen molar-refractivity contribution in [2.75, 3.05) is 32.8 Å². The lowest BCUT2D eigenvalue weighted by atomic mass is 10.00. The molecule has 1 saturated carbocycles. The fraction of sp³-hybridized carbons (Fsp3) is 0.414. The molecule has 1 fully saturated rings. The second-order valence-electron chi connectivity index (χ2n) is 9.76. The molecule has 0 unspecified atom stereocenters. The molecule has 1 aliphatic heterocycles. The van der Waals surface area contributed by atoms with Gasteiger partial charge < -0.3 is 14.7 Å². The van der Waals surface area contributed by atoms with Crippen LogP contribution in [0.15, 0.2) is 72.1 Å². The van der Waals surface area contributed by atoms with E-state index in [-0.39, 0.29) is 11.9 Å². The lowest BCUT2D eigenvalue weighted by Gasteiger charge is -2.37. The summed E-state index contributed by atoms with van der Waals surface area (Å²) in [5.41, 5.74) is 2.33. The summed E-state index contributed by atoms with van der Waals surface area (Å²) in [5.74, 6) is 1.59. The van der Waals surface area contributed by atoms with Crippen LogP contribution in [-0.4, -0.2) is 59.7 Å². The monoisotopic (exact) mass is 490 g/mol. The third-order valence-corrected chi connectivity index (χ3v) is 7.92. The van der Waals surface area contributed by atoms with E-state index >= 15 is 0 Å². The van der Waals surface area contributed by atoms with Crippen molar-refractivity contribution in [3.05, 3.63) is 88.1 Å². The van der Waals surface area contributed by atoms with E-state index in [4.69, 9.17) is 4.74 Å². The summed E-state index contributed by atoms with van der Waals surface area (Å²) in [6.07, 6.45) is 3.43. The normalized spacial score (nSPS) is 18.3. The van der Waals surface area contributed by atoms with Gasteiger partial charge in [0.25, 0.3) is 0 Å². The molecule has 5 rings (SSSR count). The number of carbonyl (C=O) groups is 1. The lowest BCUT2D eigenvalue weighted by molar-refractivity contribution is -0.136. The van der Waals surface area contributed by atoms with Crippen molar-refractivity contribution in [2.24, 2.45) is 5.92 Å². The molecule has 1 N–H and O–H groups in total. The van der Waals surface area contributed by atoms with Gasteiger partial charge in [0.15, 0.2) is 0 Å². The smallest absolute Gasteiger partial charge is 0.237 e. The number of thiophene rings is 1. The molecule has 2 aliphatic rings. The zero-order valence-corrected chi connectivity index (χ0v) is 20.9. The SMILES string of the molecule is O=C(CN(CC1CC1)C[C@@H](O)Cc1ccccc1)N1CCc2sccc2[C@H]1COc1ccccc1. The zero-order valence-electron chi connectivity index (χ0n) is 20.1. The fourth-order valence-corrected chi connectivity index (χ4v) is 5.89. The number of carbonyl (C=O) groups excluding carboxylic acids is 1. The van der Waals surface area contributed by atoms with Crippen LogP contribution < -0.4 is 4.74 Å². The number of ether oxygens (including phenoxy) is 1. The number of para-hydroxylation sites is 1. The van der Waals surface area contributed by atoms with Gasteiger partial charge in [-0.3, -0.25) is 9.69 Å². The molecule has 1 aliphatic carbocycles. The maximum Gasteiger partial charge on any atom is 0.237 e. The highest BCUT2D eigenvalue weighted by Gasteiger charge is 2.34. The van der Waals surface area contributed by atoms with Crippen LogP contribution in [-0.2, 0) is 17.6 Å². The van der Waals surface area contributed by atoms with Gasteiger partial charge in [0, 0.05) is 24.5 Å². The lowest BCUT2D eigenvalue weighted by Crippen LogP contribution is -2.48. The molecule has 35 heavy (non-hydrogen) atoms. The van der Waals surface area contributed by atoms with E-state index < -0.39 is 6.10 Å². The van der Waals surface area contributed by atoms with Gasteiger partial charge in [0.1, 0.15) is 12.4 Å². The van der Waals surface area contributed by atoms with Crippen LogP contribution in [0.5, 0.6) is 5.75 Å². The van der Waals surface area contributed by atoms with Crippen LogP contribution >= 0.6 is 11.3 Å². The van der Waals surface area contributed by atoms with Gasteiger partial charge in [0.2, 0.25) is 5.91 Å². The summed E-state index contributed by atoms with van der Waals surface area (Å²) >= 11 is 1.77. The van der Waals surface area contributed by atoms with Crippen LogP contribution in [0.25, 0.3) is 0 Å². The number of aliphatic hydroxyl groups excluding tert-OH is 1. The first-order valence-corrected chi connectivity index (χ1v) is 13.5. The minimum absolute atomic E-state index is 0.0882. The van der Waals surface area contributed by atoms with Gasteiger partial charge in [-0.05, 0) is 66.3 Å². The van der Waals surface area contributed by atoms with Gasteiger partial charge in [-0.15, -0.1) is 11.3 Å². The quantitative estimate of drug-likeness (QED) is 0.428. The van der Waals surface area contributed by atoms with Crippen LogP contribution in [0.4, 0.5) is 0 Å². The Balaban J connectivity index is 1.25. The first-order valence-electron chi connectivity index (χ1n) is 12.6. The highest BCUT2D eigenvalue weighted by Crippen LogP contribution is 2.34. The Labute approximate surface area is 212 Å². The summed E-state index contributed by atoms with van der Waals surface area (Å²) in [4.78, 5) is 19.2. The number of amides is 1. The number of nitrogens with zero attached hydrogens (tertiary/aromatic N) is 2. The Morgan fingerprint density at radius 2 is 1.83 bits per heavy atom. The molecule has 1 amide bonds. The summed E-state index contributed by atoms with van der Waals surface area (Å²) in [6.45, 7) is 2.88. The van der Waals surface area contributed by atoms with Crippen molar-refractivity contribution in [3.63, 3.8) is 0 Å². The molecule has 2 aromatic carbocycles. The molecule has 6 heteroatoms. The fourth-order valence-electron chi connectivity index (χ4n) is 4.97. The first kappa shape index (κ1) is 24.0. The molecule has 1 aromatic heterocycles. The maximum absolute atomic E-state index is 13.7. The standard InChI is InChI=1S/C29H34N2O3S/c32-24(17-22-7-3-1-4-8-22)19-30(18-23-11-12-23)20-29(33)31-15-13-28-26(14-16-35-28)27(31)21-34-25-9-5-2-6-10-25/h1-10,14,16,23-24,27,32H,11-13,15,17-21H2/t24-,27+/m0/s1. The van der Waals surface area contributed by atoms with E-state index in [1.54, 1.807) is 11.3 Å². The topological polar surface area (TPSA) is 53.0 Å². The molecule has 0 spiro atoms. The summed E-state index contributed by atoms with van der Waals surface area (Å²) in [6, 6.07) is 21.9. The van der Waals surface area contributed by atoms with Crippen molar-refractivity contribution in [3.8, 4) is 5.75 Å². The molecule has 5 nitrogen and oxygen atoms in total. The minimum Gasteiger partial charge on any atom is -0.491 e. The third-order valence-electron chi connectivity index (χ3n) is 6.92. The largest absolute Gasteiger partial charge is 0.491 e. The number of benzene rings is 2. The van der Waals surface area contributed by atoms with Crippen molar-refractivity contribution < 1.29 is 14.6 Å². The molecule has 2 atom stereocenters. The molecule has 0 radical (unpaired) electrons. The molecule has 3 aromatic rings. The molecule has 2 heterocycles. The van der Waals surface area contributed by atoms with Crippen LogP contribution in [0.3, 0.4) is 0 Å².